The lowest BCUT2D eigenvalue weighted by Crippen LogP contribution is -2.10. The van der Waals surface area contributed by atoms with Crippen LogP contribution in [0.3, 0.4) is 0 Å². The van der Waals surface area contributed by atoms with Gasteiger partial charge in [-0.1, -0.05) is 13.8 Å². The van der Waals surface area contributed by atoms with Gasteiger partial charge in [0.25, 0.3) is 0 Å². The van der Waals surface area contributed by atoms with Gasteiger partial charge in [0.15, 0.2) is 0 Å². The van der Waals surface area contributed by atoms with E-state index in [9.17, 15) is 0 Å². The molecule has 0 saturated heterocycles. The largest absolute Gasteiger partial charge is 0.198 e. The highest BCUT2D eigenvalue weighted by Gasteiger charge is 2.17. The molecular formula is C7H12N. The molecule has 0 aliphatic rings. The van der Waals surface area contributed by atoms with E-state index in [0.717, 1.165) is 6.42 Å². The maximum absolute atomic E-state index is 8.50. The lowest BCUT2D eigenvalue weighted by atomic mass is 9.87. The molecule has 8 heavy (non-hydrogen) atoms. The molecule has 1 heteroatoms. The van der Waals surface area contributed by atoms with Crippen LogP contribution in [-0.2, 0) is 0 Å². The molecule has 0 aromatic rings. The van der Waals surface area contributed by atoms with Crippen LogP contribution in [0.25, 0.3) is 0 Å². The first-order valence-electron chi connectivity index (χ1n) is 2.90. The van der Waals surface area contributed by atoms with Crippen LogP contribution in [0.15, 0.2) is 0 Å². The van der Waals surface area contributed by atoms with Gasteiger partial charge in [0.2, 0.25) is 0 Å². The Kier molecular flexibility index (Phi) is 2.54. The Morgan fingerprint density at radius 3 is 2.25 bits per heavy atom. The van der Waals surface area contributed by atoms with E-state index in [2.05, 4.69) is 6.07 Å². The van der Waals surface area contributed by atoms with Crippen LogP contribution in [0.4, 0.5) is 0 Å². The van der Waals surface area contributed by atoms with E-state index in [-0.39, 0.29) is 5.41 Å². The fourth-order valence-corrected chi connectivity index (χ4v) is 0.348. The first-order chi connectivity index (χ1) is 3.68. The second kappa shape index (κ2) is 2.71. The third-order valence-electron chi connectivity index (χ3n) is 1.63. The van der Waals surface area contributed by atoms with Gasteiger partial charge < -0.3 is 0 Å². The molecule has 1 unspecified atom stereocenters. The monoisotopic (exact) mass is 110 g/mol. The Hall–Kier alpha value is -0.510. The summed E-state index contributed by atoms with van der Waals surface area (Å²) in [5.41, 5.74) is -0.194. The molecular weight excluding hydrogens is 98.1 g/mol. The normalized spacial score (nSPS) is 10.8. The molecule has 0 bridgehead atoms. The number of nitriles is 1. The smallest absolute Gasteiger partial charge is 0.0689 e. The molecule has 0 heterocycles. The minimum absolute atomic E-state index is 0.194. The summed E-state index contributed by atoms with van der Waals surface area (Å²) in [6.07, 6.45) is 2.84. The summed E-state index contributed by atoms with van der Waals surface area (Å²) in [6, 6.07) is 2.22. The van der Waals surface area contributed by atoms with Crippen LogP contribution in [0.1, 0.15) is 27.2 Å². The molecule has 1 radical (unpaired) electrons. The Morgan fingerprint density at radius 1 is 1.75 bits per heavy atom. The predicted molar refractivity (Wildman–Crippen MR) is 34.0 cm³/mol. The first kappa shape index (κ1) is 7.49. The van der Waals surface area contributed by atoms with Crippen molar-refractivity contribution >= 4 is 0 Å². The fourth-order valence-electron chi connectivity index (χ4n) is 0.348. The Bertz CT molecular complexity index is 95.4. The van der Waals surface area contributed by atoms with Crippen molar-refractivity contribution in [1.82, 2.24) is 0 Å². The summed E-state index contributed by atoms with van der Waals surface area (Å²) < 4.78 is 0. The van der Waals surface area contributed by atoms with Crippen molar-refractivity contribution in [2.24, 2.45) is 5.41 Å². The summed E-state index contributed by atoms with van der Waals surface area (Å²) in [5, 5.41) is 8.50. The molecule has 0 aliphatic carbocycles. The van der Waals surface area contributed by atoms with Crippen molar-refractivity contribution in [3.8, 4) is 6.07 Å². The van der Waals surface area contributed by atoms with Gasteiger partial charge in [-0.2, -0.15) is 5.26 Å². The minimum atomic E-state index is -0.194. The van der Waals surface area contributed by atoms with Crippen molar-refractivity contribution in [3.63, 3.8) is 0 Å². The van der Waals surface area contributed by atoms with Crippen LogP contribution in [-0.4, -0.2) is 0 Å². The molecule has 0 aromatic carbocycles. The summed E-state index contributed by atoms with van der Waals surface area (Å²) in [7, 11) is 0. The molecule has 1 atom stereocenters. The van der Waals surface area contributed by atoms with Crippen LogP contribution < -0.4 is 0 Å². The zero-order chi connectivity index (χ0) is 6.62. The molecule has 0 N–H and O–H groups in total. The summed E-state index contributed by atoms with van der Waals surface area (Å²) in [6.45, 7) is 5.88. The number of nitrogens with zero attached hydrogens (tertiary/aromatic N) is 1. The second-order valence-electron chi connectivity index (χ2n) is 2.17. The predicted octanol–water partition coefficient (Wildman–Crippen LogP) is 2.15. The highest BCUT2D eigenvalue weighted by molar-refractivity contribution is 5.02. The van der Waals surface area contributed by atoms with E-state index in [1.54, 1.807) is 0 Å². The Labute approximate surface area is 51.3 Å². The number of rotatable bonds is 2. The topological polar surface area (TPSA) is 23.8 Å². The maximum Gasteiger partial charge on any atom is 0.0689 e. The van der Waals surface area contributed by atoms with E-state index in [1.807, 2.05) is 27.2 Å². The summed E-state index contributed by atoms with van der Waals surface area (Å²) >= 11 is 0. The molecule has 0 fully saturated rings. The van der Waals surface area contributed by atoms with Gasteiger partial charge in [0, 0.05) is 0 Å². The van der Waals surface area contributed by atoms with Crippen molar-refractivity contribution < 1.29 is 0 Å². The number of hydrogen-bond donors (Lipinski definition) is 0. The van der Waals surface area contributed by atoms with Gasteiger partial charge in [0.1, 0.15) is 0 Å². The van der Waals surface area contributed by atoms with E-state index < -0.39 is 0 Å². The second-order valence-corrected chi connectivity index (χ2v) is 2.17. The van der Waals surface area contributed by atoms with Crippen LogP contribution in [0, 0.1) is 23.2 Å². The van der Waals surface area contributed by atoms with Gasteiger partial charge in [0.05, 0.1) is 11.5 Å². The molecule has 0 spiro atoms. The highest BCUT2D eigenvalue weighted by atomic mass is 14.3. The average molecular weight is 110 g/mol. The molecule has 0 saturated carbocycles. The highest BCUT2D eigenvalue weighted by Crippen LogP contribution is 2.21. The molecule has 1 nitrogen and oxygen atoms in total. The number of hydrogen-bond acceptors (Lipinski definition) is 1. The average Bonchev–Trinajstić information content (AvgIpc) is 1.87. The Balaban J connectivity index is 3.83. The third-order valence-corrected chi connectivity index (χ3v) is 1.63. The van der Waals surface area contributed by atoms with Gasteiger partial charge in [-0.15, -0.1) is 0 Å². The SMILES string of the molecule is C[CH]C(C)(C#N)CC. The molecule has 0 amide bonds. The van der Waals surface area contributed by atoms with Crippen molar-refractivity contribution in [1.29, 1.82) is 5.26 Å². The van der Waals surface area contributed by atoms with Crippen LogP contribution in [0.5, 0.6) is 0 Å². The van der Waals surface area contributed by atoms with Crippen LogP contribution in [0.2, 0.25) is 0 Å². The molecule has 45 valence electrons. The van der Waals surface area contributed by atoms with E-state index in [0.29, 0.717) is 0 Å². The maximum atomic E-state index is 8.50. The third kappa shape index (κ3) is 1.54. The quantitative estimate of drug-likeness (QED) is 0.534. The summed E-state index contributed by atoms with van der Waals surface area (Å²) in [4.78, 5) is 0. The lowest BCUT2D eigenvalue weighted by Gasteiger charge is -2.14. The Morgan fingerprint density at radius 2 is 2.25 bits per heavy atom. The van der Waals surface area contributed by atoms with Gasteiger partial charge >= 0.3 is 0 Å². The van der Waals surface area contributed by atoms with Crippen LogP contribution >= 0.6 is 0 Å². The molecule has 0 aliphatic heterocycles. The minimum Gasteiger partial charge on any atom is -0.198 e. The zero-order valence-electron chi connectivity index (χ0n) is 5.73. The van der Waals surface area contributed by atoms with E-state index >= 15 is 0 Å². The summed E-state index contributed by atoms with van der Waals surface area (Å²) in [5.74, 6) is 0. The van der Waals surface area contributed by atoms with Gasteiger partial charge in [-0.25, -0.2) is 0 Å². The van der Waals surface area contributed by atoms with Gasteiger partial charge in [-0.05, 0) is 19.8 Å². The zero-order valence-corrected chi connectivity index (χ0v) is 5.73. The van der Waals surface area contributed by atoms with Crippen molar-refractivity contribution in [2.45, 2.75) is 27.2 Å². The fraction of sp³-hybridized carbons (Fsp3) is 0.714. The first-order valence-corrected chi connectivity index (χ1v) is 2.90. The van der Waals surface area contributed by atoms with E-state index in [1.165, 1.54) is 0 Å². The molecule has 0 rings (SSSR count). The standard InChI is InChI=1S/C7H12N/c1-4-7(3,5-2)6-8/h4H,5H2,1-3H3. The van der Waals surface area contributed by atoms with Gasteiger partial charge in [-0.3, -0.25) is 0 Å². The lowest BCUT2D eigenvalue weighted by molar-refractivity contribution is 0.502. The van der Waals surface area contributed by atoms with E-state index in [4.69, 9.17) is 5.26 Å². The van der Waals surface area contributed by atoms with Crippen molar-refractivity contribution in [3.05, 3.63) is 6.42 Å². The molecule has 0 aromatic heterocycles. The van der Waals surface area contributed by atoms with Crippen molar-refractivity contribution in [2.75, 3.05) is 0 Å².